The van der Waals surface area contributed by atoms with Crippen molar-refractivity contribution in [1.29, 1.82) is 0 Å². The van der Waals surface area contributed by atoms with E-state index in [2.05, 4.69) is 11.3 Å². The Bertz CT molecular complexity index is 311. The number of carbonyl (C=O) groups is 1. The lowest BCUT2D eigenvalue weighted by Gasteiger charge is -2.25. The molecular formula is C12H19F3O4. The average Bonchev–Trinajstić information content (AvgIpc) is 2.30. The molecule has 0 aromatic rings. The second-order valence-corrected chi connectivity index (χ2v) is 4.38. The van der Waals surface area contributed by atoms with Crippen molar-refractivity contribution < 1.29 is 32.5 Å². The summed E-state index contributed by atoms with van der Waals surface area (Å²) >= 11 is 0. The standard InChI is InChI=1S/C12H19F3O4/c1-9(10(16)18-3)6-4-5-7-19-8-11(2,17)12(13,14)15/h17H,1,4-8H2,2-3H3. The van der Waals surface area contributed by atoms with Crippen LogP contribution in [0.15, 0.2) is 12.2 Å². The smallest absolute Gasteiger partial charge is 0.419 e. The summed E-state index contributed by atoms with van der Waals surface area (Å²) in [6.07, 6.45) is -3.32. The van der Waals surface area contributed by atoms with Crippen LogP contribution in [0.5, 0.6) is 0 Å². The van der Waals surface area contributed by atoms with Crippen molar-refractivity contribution in [2.75, 3.05) is 20.3 Å². The van der Waals surface area contributed by atoms with Gasteiger partial charge in [0.2, 0.25) is 0 Å². The first kappa shape index (κ1) is 17.9. The summed E-state index contributed by atoms with van der Waals surface area (Å²) in [6.45, 7) is 3.43. The van der Waals surface area contributed by atoms with Crippen LogP contribution in [0.1, 0.15) is 26.2 Å². The van der Waals surface area contributed by atoms with Gasteiger partial charge in [0.25, 0.3) is 0 Å². The maximum Gasteiger partial charge on any atom is 0.419 e. The van der Waals surface area contributed by atoms with Crippen molar-refractivity contribution in [2.24, 2.45) is 0 Å². The van der Waals surface area contributed by atoms with Crippen LogP contribution in [0.4, 0.5) is 13.2 Å². The first-order valence-electron chi connectivity index (χ1n) is 5.75. The molecule has 4 nitrogen and oxygen atoms in total. The number of hydrogen-bond donors (Lipinski definition) is 1. The molecule has 0 aliphatic heterocycles. The number of carbonyl (C=O) groups excluding carboxylic acids is 1. The zero-order chi connectivity index (χ0) is 15.1. The molecule has 0 bridgehead atoms. The highest BCUT2D eigenvalue weighted by molar-refractivity contribution is 5.87. The molecule has 0 aliphatic carbocycles. The monoisotopic (exact) mass is 284 g/mol. The highest BCUT2D eigenvalue weighted by atomic mass is 19.4. The van der Waals surface area contributed by atoms with Crippen molar-refractivity contribution >= 4 is 5.97 Å². The van der Waals surface area contributed by atoms with Crippen LogP contribution in [-0.2, 0) is 14.3 Å². The number of ether oxygens (including phenoxy) is 2. The molecule has 1 unspecified atom stereocenters. The van der Waals surface area contributed by atoms with Gasteiger partial charge in [-0.2, -0.15) is 13.2 Å². The predicted octanol–water partition coefficient (Wildman–Crippen LogP) is 2.22. The number of aliphatic hydroxyl groups is 1. The normalized spacial score (nSPS) is 14.8. The topological polar surface area (TPSA) is 55.8 Å². The molecule has 1 atom stereocenters. The molecule has 0 amide bonds. The quantitative estimate of drug-likeness (QED) is 0.422. The first-order valence-corrected chi connectivity index (χ1v) is 5.75. The van der Waals surface area contributed by atoms with Crippen molar-refractivity contribution in [3.8, 4) is 0 Å². The van der Waals surface area contributed by atoms with Gasteiger partial charge in [0.15, 0.2) is 5.60 Å². The Morgan fingerprint density at radius 3 is 2.37 bits per heavy atom. The number of halogens is 3. The molecule has 1 N–H and O–H groups in total. The van der Waals surface area contributed by atoms with E-state index in [0.29, 0.717) is 31.8 Å². The molecule has 0 rings (SSSR count). The Morgan fingerprint density at radius 2 is 1.89 bits per heavy atom. The molecule has 0 saturated heterocycles. The van der Waals surface area contributed by atoms with E-state index < -0.39 is 24.4 Å². The zero-order valence-electron chi connectivity index (χ0n) is 11.0. The lowest BCUT2D eigenvalue weighted by molar-refractivity contribution is -0.267. The molecule has 7 heteroatoms. The average molecular weight is 284 g/mol. The molecular weight excluding hydrogens is 265 g/mol. The van der Waals surface area contributed by atoms with Gasteiger partial charge in [0.1, 0.15) is 0 Å². The van der Waals surface area contributed by atoms with Gasteiger partial charge in [-0.1, -0.05) is 6.58 Å². The van der Waals surface area contributed by atoms with Crippen molar-refractivity contribution in [1.82, 2.24) is 0 Å². The fourth-order valence-electron chi connectivity index (χ4n) is 1.14. The Morgan fingerprint density at radius 1 is 1.32 bits per heavy atom. The van der Waals surface area contributed by atoms with Gasteiger partial charge in [0.05, 0.1) is 13.7 Å². The molecule has 0 radical (unpaired) electrons. The third-order valence-electron chi connectivity index (χ3n) is 2.49. The molecule has 0 aromatic heterocycles. The van der Waals surface area contributed by atoms with Crippen LogP contribution in [0.3, 0.4) is 0 Å². The lowest BCUT2D eigenvalue weighted by atomic mass is 10.1. The largest absolute Gasteiger partial charge is 0.466 e. The van der Waals surface area contributed by atoms with Crippen molar-refractivity contribution in [3.63, 3.8) is 0 Å². The number of rotatable bonds is 8. The number of esters is 1. The highest BCUT2D eigenvalue weighted by Gasteiger charge is 2.50. The minimum Gasteiger partial charge on any atom is -0.466 e. The second kappa shape index (κ2) is 7.49. The Hall–Kier alpha value is -1.08. The van der Waals surface area contributed by atoms with Crippen LogP contribution in [-0.4, -0.2) is 43.2 Å². The molecule has 0 heterocycles. The Balaban J connectivity index is 3.73. The van der Waals surface area contributed by atoms with E-state index in [1.54, 1.807) is 0 Å². The maximum absolute atomic E-state index is 12.2. The zero-order valence-corrected chi connectivity index (χ0v) is 11.0. The number of alkyl halides is 3. The fourth-order valence-corrected chi connectivity index (χ4v) is 1.14. The van der Waals surface area contributed by atoms with E-state index >= 15 is 0 Å². The van der Waals surface area contributed by atoms with Crippen LogP contribution in [0, 0.1) is 0 Å². The van der Waals surface area contributed by atoms with Gasteiger partial charge >= 0.3 is 12.1 Å². The second-order valence-electron chi connectivity index (χ2n) is 4.38. The molecule has 19 heavy (non-hydrogen) atoms. The van der Waals surface area contributed by atoms with E-state index in [0.717, 1.165) is 0 Å². The number of methoxy groups -OCH3 is 1. The van der Waals surface area contributed by atoms with Gasteiger partial charge in [0, 0.05) is 12.2 Å². The summed E-state index contributed by atoms with van der Waals surface area (Å²) in [6, 6.07) is 0. The lowest BCUT2D eigenvalue weighted by Crippen LogP contribution is -2.46. The number of unbranched alkanes of at least 4 members (excludes halogenated alkanes) is 1. The van der Waals surface area contributed by atoms with E-state index in [1.165, 1.54) is 7.11 Å². The maximum atomic E-state index is 12.2. The molecule has 0 saturated carbocycles. The third-order valence-corrected chi connectivity index (χ3v) is 2.49. The summed E-state index contributed by atoms with van der Waals surface area (Å²) in [7, 11) is 1.25. The van der Waals surface area contributed by atoms with E-state index in [9.17, 15) is 18.0 Å². The van der Waals surface area contributed by atoms with Gasteiger partial charge < -0.3 is 14.6 Å². The van der Waals surface area contributed by atoms with Crippen LogP contribution in [0.2, 0.25) is 0 Å². The van der Waals surface area contributed by atoms with E-state index in [-0.39, 0.29) is 6.61 Å². The first-order chi connectivity index (χ1) is 8.62. The van der Waals surface area contributed by atoms with E-state index in [4.69, 9.17) is 9.84 Å². The van der Waals surface area contributed by atoms with Gasteiger partial charge in [-0.3, -0.25) is 0 Å². The van der Waals surface area contributed by atoms with Gasteiger partial charge in [-0.25, -0.2) is 4.79 Å². The minimum absolute atomic E-state index is 0.0701. The SMILES string of the molecule is C=C(CCCCOCC(C)(O)C(F)(F)F)C(=O)OC. The van der Waals surface area contributed by atoms with Gasteiger partial charge in [-0.15, -0.1) is 0 Å². The minimum atomic E-state index is -4.72. The summed E-state index contributed by atoms with van der Waals surface area (Å²) in [5.74, 6) is -0.499. The van der Waals surface area contributed by atoms with Crippen molar-refractivity contribution in [3.05, 3.63) is 12.2 Å². The summed E-state index contributed by atoms with van der Waals surface area (Å²) < 4.78 is 46.0. The van der Waals surface area contributed by atoms with Crippen LogP contribution < -0.4 is 0 Å². The highest BCUT2D eigenvalue weighted by Crippen LogP contribution is 2.30. The van der Waals surface area contributed by atoms with E-state index in [1.807, 2.05) is 0 Å². The third kappa shape index (κ3) is 6.58. The molecule has 0 aromatic carbocycles. The van der Waals surface area contributed by atoms with Crippen molar-refractivity contribution in [2.45, 2.75) is 38.0 Å². The predicted molar refractivity (Wildman–Crippen MR) is 62.5 cm³/mol. The molecule has 0 spiro atoms. The number of hydrogen-bond acceptors (Lipinski definition) is 4. The Labute approximate surface area is 110 Å². The Kier molecular flexibility index (Phi) is 7.07. The fraction of sp³-hybridized carbons (Fsp3) is 0.750. The summed E-state index contributed by atoms with van der Waals surface area (Å²) in [5.41, 5.74) is -2.53. The molecule has 0 aliphatic rings. The summed E-state index contributed by atoms with van der Waals surface area (Å²) in [4.78, 5) is 11.0. The van der Waals surface area contributed by atoms with Gasteiger partial charge in [-0.05, 0) is 26.2 Å². The van der Waals surface area contributed by atoms with Crippen LogP contribution in [0.25, 0.3) is 0 Å². The van der Waals surface area contributed by atoms with Crippen LogP contribution >= 0.6 is 0 Å². The molecule has 0 fully saturated rings. The molecule has 112 valence electrons. The summed E-state index contributed by atoms with van der Waals surface area (Å²) in [5, 5.41) is 9.08.